The largest absolute Gasteiger partial charge is 0.401 e. The highest BCUT2D eigenvalue weighted by Crippen LogP contribution is 2.32. The molecule has 7 unspecified atom stereocenters. The number of halogens is 5. The van der Waals surface area contributed by atoms with E-state index in [4.69, 9.17) is 0 Å². The summed E-state index contributed by atoms with van der Waals surface area (Å²) in [6.45, 7) is 0.395. The molecule has 3 fully saturated rings. The van der Waals surface area contributed by atoms with Crippen molar-refractivity contribution >= 4 is 12.2 Å². The fourth-order valence-electron chi connectivity index (χ4n) is 5.46. The first-order chi connectivity index (χ1) is 16.0. The second-order valence-electron chi connectivity index (χ2n) is 9.75. The fourth-order valence-corrected chi connectivity index (χ4v) is 5.46. The molecule has 194 valence electrons. The number of likely N-dealkylation sites (tertiary alicyclic amines) is 1. The monoisotopic (exact) mass is 497 g/mol. The molecule has 1 aliphatic carbocycles. The zero-order valence-electron chi connectivity index (χ0n) is 18.7. The number of β-amino-alcohol motifs (C(OH)–C–C–N with tert-alkyl or cyclic N) is 1. The Hall–Kier alpha value is -1.61. The molecule has 0 spiro atoms. The van der Waals surface area contributed by atoms with Crippen molar-refractivity contribution in [1.29, 1.82) is 0 Å². The number of rotatable bonds is 6. The number of aliphatic imine (C=N–C) groups is 1. The molecule has 4 rings (SSSR count). The average Bonchev–Trinajstić information content (AvgIpc) is 3.32. The second kappa shape index (κ2) is 10.2. The maximum absolute atomic E-state index is 14.3. The number of nitrogens with one attached hydrogen (secondary N) is 5. The third kappa shape index (κ3) is 5.78. The van der Waals surface area contributed by atoms with Crippen LogP contribution in [0.3, 0.4) is 0 Å². The zero-order valence-corrected chi connectivity index (χ0v) is 18.7. The highest BCUT2D eigenvalue weighted by molar-refractivity contribution is 5.83. The third-order valence-electron chi connectivity index (χ3n) is 7.21. The smallest absolute Gasteiger partial charge is 0.390 e. The molecule has 3 heterocycles. The first-order valence-corrected chi connectivity index (χ1v) is 11.6. The summed E-state index contributed by atoms with van der Waals surface area (Å²) in [7, 11) is 0. The Bertz CT molecular complexity index is 759. The molecule has 6 N–H and O–H groups in total. The summed E-state index contributed by atoms with van der Waals surface area (Å²) >= 11 is 0. The molecule has 2 saturated heterocycles. The molecule has 0 aromatic heterocycles. The molecule has 0 aromatic carbocycles. The van der Waals surface area contributed by atoms with E-state index in [-0.39, 0.29) is 32.4 Å². The zero-order chi connectivity index (χ0) is 24.6. The van der Waals surface area contributed by atoms with Crippen LogP contribution in [-0.4, -0.2) is 97.0 Å². The van der Waals surface area contributed by atoms with E-state index >= 15 is 0 Å². The van der Waals surface area contributed by atoms with Crippen molar-refractivity contribution in [1.82, 2.24) is 31.7 Å². The van der Waals surface area contributed by atoms with Gasteiger partial charge >= 0.3 is 6.18 Å². The van der Waals surface area contributed by atoms with Gasteiger partial charge in [0.2, 0.25) is 5.91 Å². The van der Waals surface area contributed by atoms with Crippen LogP contribution in [0.1, 0.15) is 26.2 Å². The van der Waals surface area contributed by atoms with Crippen molar-refractivity contribution in [2.75, 3.05) is 19.6 Å². The van der Waals surface area contributed by atoms with Gasteiger partial charge in [0.1, 0.15) is 24.6 Å². The molecule has 1 amide bonds. The highest BCUT2D eigenvalue weighted by Gasteiger charge is 2.48. The molecule has 10 atom stereocenters. The molecule has 0 aromatic rings. The minimum Gasteiger partial charge on any atom is -0.390 e. The fraction of sp³-hybridized carbons (Fsp3) is 0.900. The Morgan fingerprint density at radius 3 is 2.76 bits per heavy atom. The van der Waals surface area contributed by atoms with Gasteiger partial charge in [-0.1, -0.05) is 0 Å². The normalized spacial score (nSPS) is 41.7. The number of aliphatic hydroxyl groups excluding tert-OH is 1. The van der Waals surface area contributed by atoms with Crippen LogP contribution in [0.2, 0.25) is 0 Å². The first kappa shape index (κ1) is 25.5. The van der Waals surface area contributed by atoms with Crippen molar-refractivity contribution in [2.45, 2.75) is 81.3 Å². The van der Waals surface area contributed by atoms with E-state index in [2.05, 4.69) is 31.8 Å². The summed E-state index contributed by atoms with van der Waals surface area (Å²) < 4.78 is 66.4. The van der Waals surface area contributed by atoms with Gasteiger partial charge in [-0.25, -0.2) is 19.6 Å². The number of carbonyl (C=O) groups excluding carboxylic acids is 1. The molecule has 14 heteroatoms. The number of hydrazine groups is 1. The molecule has 0 bridgehead atoms. The van der Waals surface area contributed by atoms with Gasteiger partial charge in [0.15, 0.2) is 0 Å². The van der Waals surface area contributed by atoms with E-state index in [0.29, 0.717) is 0 Å². The van der Waals surface area contributed by atoms with Gasteiger partial charge in [-0.2, -0.15) is 13.2 Å². The van der Waals surface area contributed by atoms with Gasteiger partial charge in [0, 0.05) is 31.1 Å². The van der Waals surface area contributed by atoms with Crippen LogP contribution in [-0.2, 0) is 4.79 Å². The summed E-state index contributed by atoms with van der Waals surface area (Å²) in [6.07, 6.45) is -6.98. The topological polar surface area (TPSA) is 113 Å². The Balaban J connectivity index is 1.38. The van der Waals surface area contributed by atoms with Crippen LogP contribution in [0.15, 0.2) is 4.99 Å². The quantitative estimate of drug-likeness (QED) is 0.276. The summed E-state index contributed by atoms with van der Waals surface area (Å²) in [5.74, 6) is -1.54. The highest BCUT2D eigenvalue weighted by atomic mass is 19.4. The minimum atomic E-state index is -4.37. The Labute approximate surface area is 194 Å². The second-order valence-corrected chi connectivity index (χ2v) is 9.75. The van der Waals surface area contributed by atoms with Crippen LogP contribution in [0.5, 0.6) is 0 Å². The maximum Gasteiger partial charge on any atom is 0.401 e. The number of carbonyl (C=O) groups is 1. The Morgan fingerprint density at radius 2 is 2.03 bits per heavy atom. The number of aliphatic hydroxyl groups is 1. The summed E-state index contributed by atoms with van der Waals surface area (Å²) in [5, 5.41) is 19.2. The van der Waals surface area contributed by atoms with Crippen LogP contribution < -0.4 is 26.8 Å². The number of hydrogen-bond acceptors (Lipinski definition) is 8. The van der Waals surface area contributed by atoms with E-state index in [1.807, 2.05) is 0 Å². The van der Waals surface area contributed by atoms with Crippen LogP contribution in [0.4, 0.5) is 22.0 Å². The van der Waals surface area contributed by atoms with Crippen LogP contribution >= 0.6 is 0 Å². The number of hydrogen-bond donors (Lipinski definition) is 6. The van der Waals surface area contributed by atoms with Crippen molar-refractivity contribution in [3.8, 4) is 0 Å². The molecular formula is C20H32F5N7O2. The maximum atomic E-state index is 14.3. The predicted molar refractivity (Wildman–Crippen MR) is 113 cm³/mol. The molecule has 3 aliphatic heterocycles. The lowest BCUT2D eigenvalue weighted by molar-refractivity contribution is -0.144. The van der Waals surface area contributed by atoms with E-state index in [9.17, 15) is 31.9 Å². The van der Waals surface area contributed by atoms with E-state index in [1.54, 1.807) is 6.92 Å². The number of amides is 1. The molecular weight excluding hydrogens is 465 g/mol. The van der Waals surface area contributed by atoms with Gasteiger partial charge in [-0.3, -0.25) is 20.0 Å². The van der Waals surface area contributed by atoms with Crippen LogP contribution in [0, 0.1) is 11.8 Å². The summed E-state index contributed by atoms with van der Waals surface area (Å²) in [5.41, 5.74) is 5.85. The van der Waals surface area contributed by atoms with E-state index in [1.165, 1.54) is 6.34 Å². The Kier molecular flexibility index (Phi) is 7.62. The predicted octanol–water partition coefficient (Wildman–Crippen LogP) is -0.459. The molecule has 9 nitrogen and oxygen atoms in total. The first-order valence-electron chi connectivity index (χ1n) is 11.6. The van der Waals surface area contributed by atoms with E-state index < -0.39 is 79.4 Å². The van der Waals surface area contributed by atoms with Gasteiger partial charge in [-0.15, -0.1) is 0 Å². The van der Waals surface area contributed by atoms with Crippen LogP contribution in [0.25, 0.3) is 0 Å². The van der Waals surface area contributed by atoms with Crippen molar-refractivity contribution in [3.63, 3.8) is 0 Å². The average molecular weight is 498 g/mol. The molecule has 1 saturated carbocycles. The standard InChI is InChI=1S/C20H32F5N7O2/c1-9(11-4-10(21)2-3-12(11)22)28-19(34)16-15-17(26-8-27-18(15)31-30-16)29-13-5-32(6-14(13)33)7-20(23,24)25/h8-18,29-31,33H,2-7H2,1H3,(H,26,27)(H,28,34)/t9-,10?,11?,12?,13-,14-,15?,16?,17?,18?/m1/s1. The van der Waals surface area contributed by atoms with Gasteiger partial charge in [0.05, 0.1) is 31.1 Å². The van der Waals surface area contributed by atoms with Crippen molar-refractivity contribution in [2.24, 2.45) is 16.8 Å². The molecule has 4 aliphatic rings. The van der Waals surface area contributed by atoms with Gasteiger partial charge in [0.25, 0.3) is 0 Å². The van der Waals surface area contributed by atoms with Gasteiger partial charge in [-0.05, 0) is 26.2 Å². The number of fused-ring (bicyclic) bond motifs is 1. The third-order valence-corrected chi connectivity index (χ3v) is 7.21. The lowest BCUT2D eigenvalue weighted by Crippen LogP contribution is -2.59. The summed E-state index contributed by atoms with van der Waals surface area (Å²) in [4.78, 5) is 18.5. The van der Waals surface area contributed by atoms with E-state index in [0.717, 1.165) is 4.90 Å². The minimum absolute atomic E-state index is 0.0176. The number of nitrogens with zero attached hydrogens (tertiary/aromatic N) is 2. The molecule has 34 heavy (non-hydrogen) atoms. The van der Waals surface area contributed by atoms with Gasteiger partial charge < -0.3 is 15.7 Å². The number of alkyl halides is 5. The lowest BCUT2D eigenvalue weighted by Gasteiger charge is -2.36. The SMILES string of the molecule is C[C@@H](NC(=O)C1NNC2NC=NC(N[C@@H]3CN(CC(F)(F)F)C[C@H]3O)C21)C1CC(F)CCC1F. The summed E-state index contributed by atoms with van der Waals surface area (Å²) in [6, 6.07) is -2.05. The van der Waals surface area contributed by atoms with Crippen molar-refractivity contribution in [3.05, 3.63) is 0 Å². The molecule has 0 radical (unpaired) electrons. The van der Waals surface area contributed by atoms with Crippen molar-refractivity contribution < 1.29 is 31.9 Å². The Morgan fingerprint density at radius 1 is 1.26 bits per heavy atom. The lowest BCUT2D eigenvalue weighted by atomic mass is 9.81.